The molecule has 1 N–H and O–H groups in total. The number of aliphatic hydroxyl groups excluding tert-OH is 1. The summed E-state index contributed by atoms with van der Waals surface area (Å²) in [6, 6.07) is 6.95. The lowest BCUT2D eigenvalue weighted by Crippen LogP contribution is -2.50. The van der Waals surface area contributed by atoms with Gasteiger partial charge in [0.1, 0.15) is 17.4 Å². The molecule has 8 nitrogen and oxygen atoms in total. The predicted octanol–water partition coefficient (Wildman–Crippen LogP) is 2.45. The van der Waals surface area contributed by atoms with Crippen LogP contribution in [0.5, 0.6) is 5.88 Å². The van der Waals surface area contributed by atoms with Crippen LogP contribution in [0.4, 0.5) is 0 Å². The number of aromatic nitrogens is 2. The molecule has 2 aromatic heterocycles. The molecule has 2 aliphatic heterocycles. The maximum absolute atomic E-state index is 13.6. The molecule has 0 radical (unpaired) electrons. The van der Waals surface area contributed by atoms with Gasteiger partial charge >= 0.3 is 0 Å². The lowest BCUT2D eigenvalue weighted by Gasteiger charge is -2.38. The first-order valence-electron chi connectivity index (χ1n) is 12.7. The SMILES string of the molecule is C[C@H]1CN([C@@H](C)CO)C(=O)c2cc(C#Cc3ccccn3)cnc2O[C@H]1CN(C)CC1CCOCC1. The van der Waals surface area contributed by atoms with Gasteiger partial charge in [-0.2, -0.15) is 0 Å². The van der Waals surface area contributed by atoms with Gasteiger partial charge in [0, 0.05) is 56.7 Å². The first kappa shape index (κ1) is 26.1. The van der Waals surface area contributed by atoms with Crippen LogP contribution in [0.1, 0.15) is 48.3 Å². The summed E-state index contributed by atoms with van der Waals surface area (Å²) in [7, 11) is 2.12. The Balaban J connectivity index is 1.59. The van der Waals surface area contributed by atoms with E-state index in [0.717, 1.165) is 39.1 Å². The van der Waals surface area contributed by atoms with Gasteiger partial charge in [-0.25, -0.2) is 9.97 Å². The van der Waals surface area contributed by atoms with Gasteiger partial charge in [0.25, 0.3) is 5.91 Å². The Morgan fingerprint density at radius 1 is 1.22 bits per heavy atom. The van der Waals surface area contributed by atoms with Gasteiger partial charge in [0.05, 0.1) is 12.6 Å². The number of aliphatic hydroxyl groups is 1. The van der Waals surface area contributed by atoms with E-state index in [4.69, 9.17) is 9.47 Å². The number of ether oxygens (including phenoxy) is 2. The molecule has 0 bridgehead atoms. The molecule has 2 aliphatic rings. The molecule has 0 aliphatic carbocycles. The standard InChI is InChI=1S/C28H36N4O4/c1-20-16-32(21(2)19-33)28(34)25-14-23(7-8-24-6-4-5-11-29-24)15-30-27(25)36-26(20)18-31(3)17-22-9-12-35-13-10-22/h4-6,11,14-15,20-22,26,33H,9-10,12-13,16-19H2,1-3H3/t20-,21-,26-/m0/s1. The Bertz CT molecular complexity index is 1080. The van der Waals surface area contributed by atoms with E-state index in [-0.39, 0.29) is 30.6 Å². The van der Waals surface area contributed by atoms with E-state index < -0.39 is 0 Å². The number of fused-ring (bicyclic) bond motifs is 1. The third-order valence-corrected chi connectivity index (χ3v) is 6.92. The van der Waals surface area contributed by atoms with Crippen molar-refractivity contribution in [3.05, 3.63) is 53.5 Å². The molecule has 0 aromatic carbocycles. The van der Waals surface area contributed by atoms with Crippen molar-refractivity contribution < 1.29 is 19.4 Å². The number of rotatable bonds is 6. The highest BCUT2D eigenvalue weighted by Crippen LogP contribution is 2.27. The normalized spacial score (nSPS) is 21.6. The summed E-state index contributed by atoms with van der Waals surface area (Å²) in [6.45, 7) is 7.67. The Morgan fingerprint density at radius 2 is 2.03 bits per heavy atom. The van der Waals surface area contributed by atoms with E-state index in [0.29, 0.717) is 35.2 Å². The van der Waals surface area contributed by atoms with Crippen molar-refractivity contribution in [1.29, 1.82) is 0 Å². The van der Waals surface area contributed by atoms with Crippen LogP contribution in [0.3, 0.4) is 0 Å². The number of hydrogen-bond acceptors (Lipinski definition) is 7. The zero-order valence-electron chi connectivity index (χ0n) is 21.4. The summed E-state index contributed by atoms with van der Waals surface area (Å²) in [6.07, 6.45) is 5.32. The summed E-state index contributed by atoms with van der Waals surface area (Å²) < 4.78 is 11.9. The van der Waals surface area contributed by atoms with E-state index in [1.165, 1.54) is 0 Å². The van der Waals surface area contributed by atoms with E-state index >= 15 is 0 Å². The maximum Gasteiger partial charge on any atom is 0.259 e. The quantitative estimate of drug-likeness (QED) is 0.620. The van der Waals surface area contributed by atoms with Crippen molar-refractivity contribution in [3.8, 4) is 17.7 Å². The summed E-state index contributed by atoms with van der Waals surface area (Å²) >= 11 is 0. The number of amides is 1. The van der Waals surface area contributed by atoms with Crippen molar-refractivity contribution in [2.24, 2.45) is 11.8 Å². The second-order valence-electron chi connectivity index (χ2n) is 9.94. The van der Waals surface area contributed by atoms with Crippen LogP contribution in [0.2, 0.25) is 0 Å². The van der Waals surface area contributed by atoms with Gasteiger partial charge in [-0.05, 0) is 56.9 Å². The molecule has 3 atom stereocenters. The molecule has 0 spiro atoms. The number of nitrogens with zero attached hydrogens (tertiary/aromatic N) is 4. The predicted molar refractivity (Wildman–Crippen MR) is 137 cm³/mol. The number of carbonyl (C=O) groups is 1. The highest BCUT2D eigenvalue weighted by Gasteiger charge is 2.34. The fourth-order valence-corrected chi connectivity index (χ4v) is 4.71. The lowest BCUT2D eigenvalue weighted by molar-refractivity contribution is 0.0254. The van der Waals surface area contributed by atoms with Crippen LogP contribution in [0, 0.1) is 23.7 Å². The zero-order valence-corrected chi connectivity index (χ0v) is 21.4. The molecule has 2 aromatic rings. The summed E-state index contributed by atoms with van der Waals surface area (Å²) in [5.74, 6) is 6.85. The van der Waals surface area contributed by atoms with E-state index in [2.05, 4.69) is 40.7 Å². The molecule has 4 heterocycles. The number of carbonyl (C=O) groups excluding carboxylic acids is 1. The molecule has 8 heteroatoms. The second kappa shape index (κ2) is 12.3. The van der Waals surface area contributed by atoms with E-state index in [1.54, 1.807) is 23.4 Å². The third kappa shape index (κ3) is 6.61. The number of hydrogen-bond donors (Lipinski definition) is 1. The van der Waals surface area contributed by atoms with Crippen LogP contribution in [0.25, 0.3) is 0 Å². The highest BCUT2D eigenvalue weighted by atomic mass is 16.5. The van der Waals surface area contributed by atoms with Gasteiger partial charge in [0.2, 0.25) is 5.88 Å². The van der Waals surface area contributed by atoms with Gasteiger partial charge in [-0.3, -0.25) is 4.79 Å². The average Bonchev–Trinajstić information content (AvgIpc) is 2.90. The number of pyridine rings is 2. The van der Waals surface area contributed by atoms with Gasteiger partial charge in [-0.15, -0.1) is 0 Å². The van der Waals surface area contributed by atoms with Crippen molar-refractivity contribution in [2.75, 3.05) is 46.5 Å². The Hall–Kier alpha value is -2.99. The van der Waals surface area contributed by atoms with Gasteiger partial charge in [-0.1, -0.05) is 18.9 Å². The van der Waals surface area contributed by atoms with E-state index in [1.807, 2.05) is 25.1 Å². The van der Waals surface area contributed by atoms with Crippen LogP contribution in [0.15, 0.2) is 36.7 Å². The largest absolute Gasteiger partial charge is 0.472 e. The fraction of sp³-hybridized carbons (Fsp3) is 0.536. The molecule has 192 valence electrons. The molecule has 1 saturated heterocycles. The van der Waals surface area contributed by atoms with Crippen LogP contribution < -0.4 is 4.74 Å². The molecule has 0 unspecified atom stereocenters. The first-order valence-corrected chi connectivity index (χ1v) is 12.7. The Morgan fingerprint density at radius 3 is 2.75 bits per heavy atom. The van der Waals surface area contributed by atoms with Crippen molar-refractivity contribution in [1.82, 2.24) is 19.8 Å². The van der Waals surface area contributed by atoms with Gasteiger partial charge < -0.3 is 24.4 Å². The second-order valence-corrected chi connectivity index (χ2v) is 9.94. The minimum Gasteiger partial charge on any atom is -0.472 e. The Kier molecular flexibility index (Phi) is 8.92. The summed E-state index contributed by atoms with van der Waals surface area (Å²) in [5, 5.41) is 9.87. The zero-order chi connectivity index (χ0) is 25.5. The molecule has 1 amide bonds. The molecule has 36 heavy (non-hydrogen) atoms. The van der Waals surface area contributed by atoms with Crippen LogP contribution in [-0.2, 0) is 4.74 Å². The minimum atomic E-state index is -0.324. The smallest absolute Gasteiger partial charge is 0.259 e. The highest BCUT2D eigenvalue weighted by molar-refractivity contribution is 5.97. The molecule has 1 fully saturated rings. The monoisotopic (exact) mass is 492 g/mol. The topological polar surface area (TPSA) is 88.0 Å². The molecular formula is C28H36N4O4. The Labute approximate surface area is 213 Å². The third-order valence-electron chi connectivity index (χ3n) is 6.92. The van der Waals surface area contributed by atoms with Crippen molar-refractivity contribution >= 4 is 5.91 Å². The van der Waals surface area contributed by atoms with Crippen molar-refractivity contribution in [3.63, 3.8) is 0 Å². The van der Waals surface area contributed by atoms with Crippen molar-refractivity contribution in [2.45, 2.75) is 38.8 Å². The fourth-order valence-electron chi connectivity index (χ4n) is 4.71. The van der Waals surface area contributed by atoms with E-state index in [9.17, 15) is 9.90 Å². The number of likely N-dealkylation sites (N-methyl/N-ethyl adjacent to an activating group) is 1. The summed E-state index contributed by atoms with van der Waals surface area (Å²) in [5.41, 5.74) is 1.62. The summed E-state index contributed by atoms with van der Waals surface area (Å²) in [4.78, 5) is 26.4. The van der Waals surface area contributed by atoms with Crippen LogP contribution in [-0.4, -0.2) is 89.4 Å². The van der Waals surface area contributed by atoms with Gasteiger partial charge in [0.15, 0.2) is 0 Å². The molecule has 4 rings (SSSR count). The maximum atomic E-state index is 13.6. The lowest BCUT2D eigenvalue weighted by atomic mass is 9.97. The van der Waals surface area contributed by atoms with Crippen LogP contribution >= 0.6 is 0 Å². The molecule has 0 saturated carbocycles. The minimum absolute atomic E-state index is 0.0543. The average molecular weight is 493 g/mol. The molecular weight excluding hydrogens is 456 g/mol. The first-order chi connectivity index (χ1) is 17.4.